The first-order chi connectivity index (χ1) is 18.6. The topological polar surface area (TPSA) is 250 Å². The molecule has 2 aromatic rings. The van der Waals surface area contributed by atoms with Crippen molar-refractivity contribution in [2.24, 2.45) is 11.5 Å². The Balaban J connectivity index is 2.19. The molecule has 39 heavy (non-hydrogen) atoms. The zero-order valence-corrected chi connectivity index (χ0v) is 21.4. The number of para-hydroxylation sites is 1. The third-order valence-electron chi connectivity index (χ3n) is 6.11. The van der Waals surface area contributed by atoms with Gasteiger partial charge in [-0.2, -0.15) is 0 Å². The predicted molar refractivity (Wildman–Crippen MR) is 140 cm³/mol. The second kappa shape index (κ2) is 15.4. The Bertz CT molecular complexity index is 1150. The lowest BCUT2D eigenvalue weighted by Crippen LogP contribution is -2.58. The van der Waals surface area contributed by atoms with Crippen LogP contribution in [0.15, 0.2) is 30.5 Å². The van der Waals surface area contributed by atoms with Crippen molar-refractivity contribution in [3.8, 4) is 0 Å². The fraction of sp³-hybridized carbons (Fsp3) is 0.480. The average molecular weight is 549 g/mol. The van der Waals surface area contributed by atoms with Gasteiger partial charge in [0.1, 0.15) is 18.1 Å². The molecule has 0 aliphatic carbocycles. The number of aliphatic hydroxyl groups excluding tert-OH is 1. The summed E-state index contributed by atoms with van der Waals surface area (Å²) in [6.07, 6.45) is 2.43. The number of nitrogens with one attached hydrogen (secondary N) is 4. The second-order valence-corrected chi connectivity index (χ2v) is 9.09. The van der Waals surface area contributed by atoms with E-state index >= 15 is 0 Å². The van der Waals surface area contributed by atoms with Crippen LogP contribution < -0.4 is 27.4 Å². The van der Waals surface area contributed by atoms with Crippen molar-refractivity contribution in [2.75, 3.05) is 13.2 Å². The van der Waals surface area contributed by atoms with Gasteiger partial charge < -0.3 is 47.7 Å². The number of nitrogens with two attached hydrogens (primary N) is 2. The van der Waals surface area contributed by atoms with Gasteiger partial charge in [-0.15, -0.1) is 0 Å². The maximum absolute atomic E-state index is 13.3. The lowest BCUT2D eigenvalue weighted by atomic mass is 10.0. The first-order valence-corrected chi connectivity index (χ1v) is 12.5. The standard InChI is InChI=1S/C25H36N6O8/c26-10-4-3-6-16(27)22(35)30-19(11-14-12-28-17-7-2-1-5-15(14)17)23(36)31-20(13-32)24(37)29-18(25(38)39)8-9-21(33)34/h1-2,5,7,12,16,18-20,28,32H,3-4,6,8-11,13,26-27H2,(H,29,37)(H,30,35)(H,31,36)(H,33,34)(H,38,39). The first kappa shape index (κ1) is 31.2. The lowest BCUT2D eigenvalue weighted by Gasteiger charge is -2.24. The van der Waals surface area contributed by atoms with Crippen LogP contribution >= 0.6 is 0 Å². The van der Waals surface area contributed by atoms with E-state index in [9.17, 15) is 34.2 Å². The highest BCUT2D eigenvalue weighted by atomic mass is 16.4. The molecule has 11 N–H and O–H groups in total. The number of H-pyrrole nitrogens is 1. The molecule has 4 unspecified atom stereocenters. The van der Waals surface area contributed by atoms with Gasteiger partial charge >= 0.3 is 11.9 Å². The van der Waals surface area contributed by atoms with Gasteiger partial charge in [0.25, 0.3) is 0 Å². The highest BCUT2D eigenvalue weighted by Gasteiger charge is 2.30. The number of aliphatic hydroxyl groups is 1. The number of aromatic nitrogens is 1. The van der Waals surface area contributed by atoms with Crippen LogP contribution in [0, 0.1) is 0 Å². The van der Waals surface area contributed by atoms with Crippen molar-refractivity contribution >= 4 is 40.6 Å². The fourth-order valence-electron chi connectivity index (χ4n) is 3.91. The van der Waals surface area contributed by atoms with E-state index in [0.29, 0.717) is 31.4 Å². The molecule has 0 aliphatic heterocycles. The minimum absolute atomic E-state index is 0.0211. The van der Waals surface area contributed by atoms with Gasteiger partial charge in [-0.3, -0.25) is 19.2 Å². The summed E-state index contributed by atoms with van der Waals surface area (Å²) in [7, 11) is 0. The second-order valence-electron chi connectivity index (χ2n) is 9.09. The Hall–Kier alpha value is -4.01. The van der Waals surface area contributed by atoms with Crippen LogP contribution in [0.3, 0.4) is 0 Å². The Kier molecular flexibility index (Phi) is 12.3. The minimum atomic E-state index is -1.57. The van der Waals surface area contributed by atoms with E-state index in [1.54, 1.807) is 6.20 Å². The molecular weight excluding hydrogens is 512 g/mol. The SMILES string of the molecule is NCCCCC(N)C(=O)NC(Cc1c[nH]c2ccccc12)C(=O)NC(CO)C(=O)NC(CCC(=O)O)C(=O)O. The summed E-state index contributed by atoms with van der Waals surface area (Å²) in [6, 6.07) is 2.12. The summed E-state index contributed by atoms with van der Waals surface area (Å²) in [5, 5.41) is 35.7. The number of rotatable bonds is 17. The summed E-state index contributed by atoms with van der Waals surface area (Å²) in [4.78, 5) is 64.0. The smallest absolute Gasteiger partial charge is 0.326 e. The molecule has 0 saturated carbocycles. The number of aliphatic carboxylic acids is 2. The van der Waals surface area contributed by atoms with Gasteiger partial charge in [-0.05, 0) is 37.4 Å². The van der Waals surface area contributed by atoms with Gasteiger partial charge in [0, 0.05) is 29.9 Å². The number of carbonyl (C=O) groups excluding carboxylic acids is 3. The molecule has 0 spiro atoms. The number of hydrogen-bond donors (Lipinski definition) is 9. The summed E-state index contributed by atoms with van der Waals surface area (Å²) in [6.45, 7) is -0.432. The molecule has 0 radical (unpaired) electrons. The summed E-state index contributed by atoms with van der Waals surface area (Å²) < 4.78 is 0. The maximum atomic E-state index is 13.3. The molecule has 0 aliphatic rings. The number of amides is 3. The van der Waals surface area contributed by atoms with Crippen molar-refractivity contribution in [1.82, 2.24) is 20.9 Å². The third-order valence-corrected chi connectivity index (χ3v) is 6.11. The maximum Gasteiger partial charge on any atom is 0.326 e. The third kappa shape index (κ3) is 9.67. The van der Waals surface area contributed by atoms with Gasteiger partial charge in [0.15, 0.2) is 0 Å². The Morgan fingerprint density at radius 1 is 0.872 bits per heavy atom. The van der Waals surface area contributed by atoms with Gasteiger partial charge in [-0.25, -0.2) is 4.79 Å². The number of aromatic amines is 1. The van der Waals surface area contributed by atoms with Crippen molar-refractivity contribution in [1.29, 1.82) is 0 Å². The van der Waals surface area contributed by atoms with Crippen molar-refractivity contribution in [3.05, 3.63) is 36.0 Å². The van der Waals surface area contributed by atoms with Crippen molar-refractivity contribution in [2.45, 2.75) is 62.7 Å². The molecule has 1 aromatic carbocycles. The number of fused-ring (bicyclic) bond motifs is 1. The molecule has 2 rings (SSSR count). The van der Waals surface area contributed by atoms with Gasteiger partial charge in [0.2, 0.25) is 17.7 Å². The van der Waals surface area contributed by atoms with E-state index in [1.807, 2.05) is 24.3 Å². The number of carbonyl (C=O) groups is 5. The van der Waals surface area contributed by atoms with E-state index < -0.39 is 73.3 Å². The summed E-state index contributed by atoms with van der Waals surface area (Å²) in [5.74, 6) is -5.15. The van der Waals surface area contributed by atoms with Gasteiger partial charge in [0.05, 0.1) is 12.6 Å². The van der Waals surface area contributed by atoms with Gasteiger partial charge in [-0.1, -0.05) is 24.6 Å². The van der Waals surface area contributed by atoms with Crippen molar-refractivity contribution < 1.29 is 39.3 Å². The normalized spacial score (nSPS) is 14.1. The van der Waals surface area contributed by atoms with E-state index in [4.69, 9.17) is 16.6 Å². The van der Waals surface area contributed by atoms with Crippen molar-refractivity contribution in [3.63, 3.8) is 0 Å². The highest BCUT2D eigenvalue weighted by molar-refractivity contribution is 5.95. The van der Waals surface area contributed by atoms with E-state index in [2.05, 4.69) is 20.9 Å². The Morgan fingerprint density at radius 3 is 2.15 bits per heavy atom. The quantitative estimate of drug-likeness (QED) is 0.104. The molecule has 1 heterocycles. The molecule has 0 saturated heterocycles. The van der Waals surface area contributed by atoms with Crippen LogP contribution in [0.5, 0.6) is 0 Å². The van der Waals surface area contributed by atoms with Crippen LogP contribution in [-0.4, -0.2) is 87.3 Å². The number of carboxylic acid groups (broad SMARTS) is 2. The average Bonchev–Trinajstić information content (AvgIpc) is 3.31. The molecule has 214 valence electrons. The van der Waals surface area contributed by atoms with Crippen LogP contribution in [0.4, 0.5) is 0 Å². The zero-order chi connectivity index (χ0) is 28.9. The van der Waals surface area contributed by atoms with E-state index in [-0.39, 0.29) is 6.42 Å². The first-order valence-electron chi connectivity index (χ1n) is 12.5. The van der Waals surface area contributed by atoms with E-state index in [1.165, 1.54) is 0 Å². The molecule has 14 heteroatoms. The highest BCUT2D eigenvalue weighted by Crippen LogP contribution is 2.19. The largest absolute Gasteiger partial charge is 0.481 e. The Labute approximate surface area is 224 Å². The lowest BCUT2D eigenvalue weighted by molar-refractivity contribution is -0.143. The van der Waals surface area contributed by atoms with Crippen LogP contribution in [0.25, 0.3) is 10.9 Å². The predicted octanol–water partition coefficient (Wildman–Crippen LogP) is -1.44. The fourth-order valence-corrected chi connectivity index (χ4v) is 3.91. The molecule has 14 nitrogen and oxygen atoms in total. The Morgan fingerprint density at radius 2 is 1.51 bits per heavy atom. The molecule has 1 aromatic heterocycles. The number of hydrogen-bond acceptors (Lipinski definition) is 8. The van der Waals surface area contributed by atoms with Crippen LogP contribution in [-0.2, 0) is 30.4 Å². The zero-order valence-electron chi connectivity index (χ0n) is 21.4. The monoisotopic (exact) mass is 548 g/mol. The number of unbranched alkanes of at least 4 members (excludes halogenated alkanes) is 1. The van der Waals surface area contributed by atoms with E-state index in [0.717, 1.165) is 10.9 Å². The molecular formula is C25H36N6O8. The molecule has 0 bridgehead atoms. The molecule has 3 amide bonds. The summed E-state index contributed by atoms with van der Waals surface area (Å²) >= 11 is 0. The number of carboxylic acids is 2. The molecule has 4 atom stereocenters. The summed E-state index contributed by atoms with van der Waals surface area (Å²) in [5.41, 5.74) is 13.0. The van der Waals surface area contributed by atoms with Crippen LogP contribution in [0.2, 0.25) is 0 Å². The van der Waals surface area contributed by atoms with Crippen LogP contribution in [0.1, 0.15) is 37.7 Å². The minimum Gasteiger partial charge on any atom is -0.481 e. The number of benzene rings is 1. The molecule has 0 fully saturated rings.